The van der Waals surface area contributed by atoms with Gasteiger partial charge in [-0.25, -0.2) is 9.59 Å². The van der Waals surface area contributed by atoms with E-state index in [-0.39, 0.29) is 0 Å². The summed E-state index contributed by atoms with van der Waals surface area (Å²) in [5, 5.41) is 18.9. The molecule has 1 aromatic carbocycles. The summed E-state index contributed by atoms with van der Waals surface area (Å²) in [4.78, 5) is 21.3. The second kappa shape index (κ2) is 11.6. The summed E-state index contributed by atoms with van der Waals surface area (Å²) < 4.78 is 39.3. The Morgan fingerprint density at radius 2 is 1.79 bits per heavy atom. The van der Waals surface area contributed by atoms with Crippen molar-refractivity contribution in [1.29, 1.82) is 0 Å². The standard InChI is InChI=1S/C16H23F3N2.C4H4O4/c1-12(2)10-21(14-7-8-20-9-14)11-13-5-3-4-6-15(13)16(17,18)19;5-3(6)1-2-4(7)8/h3-6,12,14,20H,7-11H2,1-2H3;1-2H,(H,5,6)(H,7,8)/t14-;/m0./s1. The predicted octanol–water partition coefficient (Wildman–Crippen LogP) is 3.24. The zero-order valence-corrected chi connectivity index (χ0v) is 16.4. The monoisotopic (exact) mass is 416 g/mol. The zero-order valence-electron chi connectivity index (χ0n) is 16.4. The third kappa shape index (κ3) is 9.58. The molecule has 1 saturated heterocycles. The molecule has 0 radical (unpaired) electrons. The normalized spacial score (nSPS) is 16.9. The molecule has 2 rings (SSSR count). The van der Waals surface area contributed by atoms with Gasteiger partial charge in [0.25, 0.3) is 0 Å². The highest BCUT2D eigenvalue weighted by Crippen LogP contribution is 2.32. The van der Waals surface area contributed by atoms with Crippen molar-refractivity contribution >= 4 is 11.9 Å². The summed E-state index contributed by atoms with van der Waals surface area (Å²) in [6.07, 6.45) is -2.17. The molecule has 0 spiro atoms. The Morgan fingerprint density at radius 3 is 2.24 bits per heavy atom. The number of nitrogens with zero attached hydrogens (tertiary/aromatic N) is 1. The van der Waals surface area contributed by atoms with Gasteiger partial charge in [0.05, 0.1) is 5.56 Å². The van der Waals surface area contributed by atoms with E-state index in [4.69, 9.17) is 10.2 Å². The molecule has 0 aliphatic carbocycles. The van der Waals surface area contributed by atoms with Gasteiger partial charge in [0, 0.05) is 37.8 Å². The molecule has 0 aromatic heterocycles. The molecule has 9 heteroatoms. The number of carboxylic acids is 2. The molecule has 6 nitrogen and oxygen atoms in total. The fourth-order valence-electron chi connectivity index (χ4n) is 3.06. The van der Waals surface area contributed by atoms with Crippen molar-refractivity contribution in [2.45, 2.75) is 39.0 Å². The summed E-state index contributed by atoms with van der Waals surface area (Å²) in [6.45, 7) is 7.19. The number of alkyl halides is 3. The summed E-state index contributed by atoms with van der Waals surface area (Å²) in [6, 6.07) is 6.24. The summed E-state index contributed by atoms with van der Waals surface area (Å²) in [5.41, 5.74) is -0.137. The molecule has 1 aliphatic heterocycles. The quantitative estimate of drug-likeness (QED) is 0.592. The van der Waals surface area contributed by atoms with Crippen LogP contribution in [-0.2, 0) is 22.3 Å². The summed E-state index contributed by atoms with van der Waals surface area (Å²) in [7, 11) is 0. The zero-order chi connectivity index (χ0) is 22.0. The van der Waals surface area contributed by atoms with Gasteiger partial charge in [-0.3, -0.25) is 4.90 Å². The van der Waals surface area contributed by atoms with Crippen LogP contribution in [0.2, 0.25) is 0 Å². The van der Waals surface area contributed by atoms with E-state index >= 15 is 0 Å². The minimum absolute atomic E-state index is 0.327. The average molecular weight is 416 g/mol. The van der Waals surface area contributed by atoms with Crippen LogP contribution in [0.5, 0.6) is 0 Å². The van der Waals surface area contributed by atoms with Crippen LogP contribution in [-0.4, -0.2) is 52.7 Å². The third-order valence-electron chi connectivity index (χ3n) is 4.22. The summed E-state index contributed by atoms with van der Waals surface area (Å²) in [5.74, 6) is -2.08. The van der Waals surface area contributed by atoms with Crippen molar-refractivity contribution in [3.05, 3.63) is 47.5 Å². The van der Waals surface area contributed by atoms with Crippen LogP contribution < -0.4 is 5.32 Å². The van der Waals surface area contributed by atoms with E-state index < -0.39 is 23.7 Å². The Kier molecular flexibility index (Phi) is 9.84. The molecule has 0 amide bonds. The van der Waals surface area contributed by atoms with Crippen LogP contribution in [0.15, 0.2) is 36.4 Å². The number of carboxylic acid groups (broad SMARTS) is 2. The first kappa shape index (κ1) is 24.6. The highest BCUT2D eigenvalue weighted by Gasteiger charge is 2.34. The van der Waals surface area contributed by atoms with Crippen molar-refractivity contribution in [2.75, 3.05) is 19.6 Å². The number of benzene rings is 1. The number of hydrogen-bond donors (Lipinski definition) is 3. The number of rotatable bonds is 7. The lowest BCUT2D eigenvalue weighted by molar-refractivity contribution is -0.138. The van der Waals surface area contributed by atoms with Crippen LogP contribution in [0.3, 0.4) is 0 Å². The molecule has 1 aromatic rings. The largest absolute Gasteiger partial charge is 0.478 e. The number of hydrogen-bond acceptors (Lipinski definition) is 4. The maximum absolute atomic E-state index is 13.1. The second-order valence-corrected chi connectivity index (χ2v) is 7.13. The lowest BCUT2D eigenvalue weighted by atomic mass is 10.0. The highest BCUT2D eigenvalue weighted by atomic mass is 19.4. The van der Waals surface area contributed by atoms with E-state index in [1.807, 2.05) is 0 Å². The number of carbonyl (C=O) groups is 2. The fraction of sp³-hybridized carbons (Fsp3) is 0.500. The topological polar surface area (TPSA) is 89.9 Å². The molecule has 1 fully saturated rings. The molecule has 1 atom stereocenters. The minimum atomic E-state index is -4.28. The second-order valence-electron chi connectivity index (χ2n) is 7.13. The van der Waals surface area contributed by atoms with Crippen LogP contribution in [0.4, 0.5) is 13.2 Å². The molecule has 0 saturated carbocycles. The van der Waals surface area contributed by atoms with Crippen molar-refractivity contribution in [2.24, 2.45) is 5.92 Å². The van der Waals surface area contributed by atoms with Crippen LogP contribution in [0.1, 0.15) is 31.4 Å². The van der Waals surface area contributed by atoms with Crippen LogP contribution >= 0.6 is 0 Å². The van der Waals surface area contributed by atoms with Gasteiger partial charge in [-0.2, -0.15) is 13.2 Å². The van der Waals surface area contributed by atoms with E-state index in [1.165, 1.54) is 12.1 Å². The Morgan fingerprint density at radius 1 is 1.21 bits per heavy atom. The van der Waals surface area contributed by atoms with Crippen LogP contribution in [0, 0.1) is 5.92 Å². The first-order valence-corrected chi connectivity index (χ1v) is 9.24. The molecule has 162 valence electrons. The minimum Gasteiger partial charge on any atom is -0.478 e. The first-order valence-electron chi connectivity index (χ1n) is 9.24. The molecule has 1 heterocycles. The SMILES string of the molecule is CC(C)CN(Cc1ccccc1C(F)(F)F)[C@H]1CCNC1.O=C(O)C=CC(=O)O. The van der Waals surface area contributed by atoms with E-state index in [1.54, 1.807) is 12.1 Å². The number of halogens is 3. The van der Waals surface area contributed by atoms with E-state index in [0.717, 1.165) is 26.1 Å². The summed E-state index contributed by atoms with van der Waals surface area (Å²) >= 11 is 0. The molecule has 3 N–H and O–H groups in total. The Balaban J connectivity index is 0.000000447. The molecular weight excluding hydrogens is 389 g/mol. The Labute approximate surface area is 168 Å². The van der Waals surface area contributed by atoms with Crippen LogP contribution in [0.25, 0.3) is 0 Å². The highest BCUT2D eigenvalue weighted by molar-refractivity contribution is 5.89. The van der Waals surface area contributed by atoms with Gasteiger partial charge in [0.2, 0.25) is 0 Å². The molecular formula is C20H27F3N2O4. The van der Waals surface area contributed by atoms with E-state index in [0.29, 0.717) is 36.2 Å². The smallest absolute Gasteiger partial charge is 0.416 e. The number of aliphatic carboxylic acids is 2. The molecule has 1 aliphatic rings. The third-order valence-corrected chi connectivity index (χ3v) is 4.22. The fourth-order valence-corrected chi connectivity index (χ4v) is 3.06. The van der Waals surface area contributed by atoms with Crippen molar-refractivity contribution in [1.82, 2.24) is 10.2 Å². The lowest BCUT2D eigenvalue weighted by Crippen LogP contribution is -2.39. The van der Waals surface area contributed by atoms with E-state index in [9.17, 15) is 22.8 Å². The molecule has 29 heavy (non-hydrogen) atoms. The van der Waals surface area contributed by atoms with Gasteiger partial charge in [-0.1, -0.05) is 32.0 Å². The Hall–Kier alpha value is -2.39. The number of nitrogens with one attached hydrogen (secondary N) is 1. The molecule has 0 bridgehead atoms. The first-order chi connectivity index (χ1) is 13.5. The van der Waals surface area contributed by atoms with Gasteiger partial charge in [0.1, 0.15) is 0 Å². The van der Waals surface area contributed by atoms with Crippen molar-refractivity contribution < 1.29 is 33.0 Å². The van der Waals surface area contributed by atoms with Crippen molar-refractivity contribution in [3.63, 3.8) is 0 Å². The van der Waals surface area contributed by atoms with Gasteiger partial charge in [-0.05, 0) is 30.5 Å². The van der Waals surface area contributed by atoms with E-state index in [2.05, 4.69) is 24.1 Å². The van der Waals surface area contributed by atoms with Gasteiger partial charge in [-0.15, -0.1) is 0 Å². The van der Waals surface area contributed by atoms with Gasteiger partial charge >= 0.3 is 18.1 Å². The van der Waals surface area contributed by atoms with Crippen molar-refractivity contribution in [3.8, 4) is 0 Å². The average Bonchev–Trinajstić information content (AvgIpc) is 3.14. The lowest BCUT2D eigenvalue weighted by Gasteiger charge is -2.31. The van der Waals surface area contributed by atoms with Gasteiger partial charge < -0.3 is 15.5 Å². The van der Waals surface area contributed by atoms with Gasteiger partial charge in [0.15, 0.2) is 0 Å². The Bertz CT molecular complexity index is 683. The maximum atomic E-state index is 13.1. The predicted molar refractivity (Wildman–Crippen MR) is 102 cm³/mol. The molecule has 0 unspecified atom stereocenters. The maximum Gasteiger partial charge on any atom is 0.416 e.